The second-order valence-corrected chi connectivity index (χ2v) is 6.06. The Morgan fingerprint density at radius 1 is 1.56 bits per heavy atom. The van der Waals surface area contributed by atoms with Crippen LogP contribution in [0, 0.1) is 19.8 Å². The Balaban J connectivity index is 1.92. The predicted molar refractivity (Wildman–Crippen MR) is 66.7 cm³/mol. The zero-order valence-corrected chi connectivity index (χ0v) is 11.0. The smallest absolute Gasteiger partial charge is 0.107 e. The lowest BCUT2D eigenvalue weighted by Gasteiger charge is -2.15. The summed E-state index contributed by atoms with van der Waals surface area (Å²) >= 11 is 1.80. The van der Waals surface area contributed by atoms with Gasteiger partial charge in [0, 0.05) is 11.4 Å². The molecule has 2 heterocycles. The molecule has 0 bridgehead atoms. The van der Waals surface area contributed by atoms with Crippen molar-refractivity contribution in [1.82, 2.24) is 9.88 Å². The second kappa shape index (κ2) is 4.82. The summed E-state index contributed by atoms with van der Waals surface area (Å²) in [5, 5.41) is 10.8. The summed E-state index contributed by atoms with van der Waals surface area (Å²) in [6, 6.07) is 0. The van der Waals surface area contributed by atoms with E-state index in [4.69, 9.17) is 0 Å². The molecule has 2 atom stereocenters. The van der Waals surface area contributed by atoms with Crippen molar-refractivity contribution in [1.29, 1.82) is 0 Å². The molecule has 1 aromatic rings. The molecule has 0 aromatic carbocycles. The van der Waals surface area contributed by atoms with Gasteiger partial charge in [-0.15, -0.1) is 11.3 Å². The van der Waals surface area contributed by atoms with Gasteiger partial charge in [0.05, 0.1) is 18.3 Å². The lowest BCUT2D eigenvalue weighted by atomic mass is 10.0. The number of rotatable bonds is 3. The van der Waals surface area contributed by atoms with Crippen LogP contribution in [0.4, 0.5) is 0 Å². The molecule has 1 fully saturated rings. The van der Waals surface area contributed by atoms with Gasteiger partial charge in [0.25, 0.3) is 0 Å². The Hall–Kier alpha value is -0.450. The molecule has 1 aliphatic rings. The van der Waals surface area contributed by atoms with Crippen molar-refractivity contribution >= 4 is 11.3 Å². The van der Waals surface area contributed by atoms with E-state index in [-0.39, 0.29) is 6.10 Å². The quantitative estimate of drug-likeness (QED) is 0.877. The van der Waals surface area contributed by atoms with Gasteiger partial charge in [-0.1, -0.05) is 0 Å². The van der Waals surface area contributed by atoms with Gasteiger partial charge in [0.1, 0.15) is 5.01 Å². The van der Waals surface area contributed by atoms with E-state index in [0.29, 0.717) is 5.92 Å². The fraction of sp³-hybridized carbons (Fsp3) is 0.750. The number of aromatic nitrogens is 1. The summed E-state index contributed by atoms with van der Waals surface area (Å²) < 4.78 is 0. The van der Waals surface area contributed by atoms with E-state index in [2.05, 4.69) is 23.7 Å². The van der Waals surface area contributed by atoms with E-state index in [1.807, 2.05) is 6.92 Å². The fourth-order valence-corrected chi connectivity index (χ4v) is 3.17. The van der Waals surface area contributed by atoms with Crippen molar-refractivity contribution in [3.8, 4) is 0 Å². The minimum atomic E-state index is -0.176. The highest BCUT2D eigenvalue weighted by molar-refractivity contribution is 7.11. The van der Waals surface area contributed by atoms with Crippen LogP contribution in [0.1, 0.15) is 28.9 Å². The van der Waals surface area contributed by atoms with Gasteiger partial charge in [-0.2, -0.15) is 0 Å². The summed E-state index contributed by atoms with van der Waals surface area (Å²) in [7, 11) is 0. The lowest BCUT2D eigenvalue weighted by molar-refractivity contribution is 0.127. The Kier molecular flexibility index (Phi) is 3.62. The third kappa shape index (κ3) is 2.62. The zero-order chi connectivity index (χ0) is 11.7. The molecule has 3 nitrogen and oxygen atoms in total. The molecule has 0 aliphatic carbocycles. The van der Waals surface area contributed by atoms with E-state index in [1.165, 1.54) is 9.88 Å². The maximum absolute atomic E-state index is 9.54. The lowest BCUT2D eigenvalue weighted by Crippen LogP contribution is -2.23. The van der Waals surface area contributed by atoms with Crippen LogP contribution >= 0.6 is 11.3 Å². The van der Waals surface area contributed by atoms with Gasteiger partial charge < -0.3 is 5.11 Å². The van der Waals surface area contributed by atoms with Gasteiger partial charge in [-0.25, -0.2) is 4.98 Å². The number of thiazole rings is 1. The zero-order valence-electron chi connectivity index (χ0n) is 10.2. The summed E-state index contributed by atoms with van der Waals surface area (Å²) in [4.78, 5) is 8.28. The van der Waals surface area contributed by atoms with Gasteiger partial charge in [0.15, 0.2) is 0 Å². The van der Waals surface area contributed by atoms with Crippen LogP contribution in [0.5, 0.6) is 0 Å². The topological polar surface area (TPSA) is 36.4 Å². The predicted octanol–water partition coefficient (Wildman–Crippen LogP) is 1.96. The Morgan fingerprint density at radius 2 is 2.31 bits per heavy atom. The first kappa shape index (κ1) is 12.0. The Bertz CT molecular complexity index is 342. The van der Waals surface area contributed by atoms with E-state index in [1.54, 1.807) is 11.3 Å². The largest absolute Gasteiger partial charge is 0.393 e. The average Bonchev–Trinajstić information content (AvgIpc) is 2.76. The fourth-order valence-electron chi connectivity index (χ4n) is 2.20. The number of nitrogens with zero attached hydrogens (tertiary/aromatic N) is 2. The van der Waals surface area contributed by atoms with Crippen LogP contribution in [-0.4, -0.2) is 34.2 Å². The van der Waals surface area contributed by atoms with E-state index >= 15 is 0 Å². The molecule has 1 saturated heterocycles. The second-order valence-electron chi connectivity index (χ2n) is 4.77. The maximum Gasteiger partial charge on any atom is 0.107 e. The van der Waals surface area contributed by atoms with Crippen molar-refractivity contribution in [3.63, 3.8) is 0 Å². The third-order valence-corrected chi connectivity index (χ3v) is 4.48. The van der Waals surface area contributed by atoms with Crippen LogP contribution in [0.3, 0.4) is 0 Å². The number of aliphatic hydroxyl groups excluding tert-OH is 1. The molecule has 0 radical (unpaired) electrons. The molecule has 1 aliphatic heterocycles. The first-order valence-corrected chi connectivity index (χ1v) is 6.71. The SMILES string of the molecule is Cc1nc(CN2CCC(C(C)O)C2)sc1C. The first-order valence-electron chi connectivity index (χ1n) is 5.89. The third-order valence-electron chi connectivity index (χ3n) is 3.42. The number of aliphatic hydroxyl groups is 1. The van der Waals surface area contributed by atoms with Crippen molar-refractivity contribution < 1.29 is 5.11 Å². The molecular formula is C12H20N2OS. The molecule has 2 rings (SSSR count). The molecule has 0 spiro atoms. The molecule has 90 valence electrons. The van der Waals surface area contributed by atoms with Crippen LogP contribution in [-0.2, 0) is 6.54 Å². The van der Waals surface area contributed by atoms with Crippen LogP contribution in [0.25, 0.3) is 0 Å². The van der Waals surface area contributed by atoms with Crippen molar-refractivity contribution in [2.75, 3.05) is 13.1 Å². The molecule has 16 heavy (non-hydrogen) atoms. The van der Waals surface area contributed by atoms with Crippen LogP contribution in [0.15, 0.2) is 0 Å². The number of hydrogen-bond donors (Lipinski definition) is 1. The number of likely N-dealkylation sites (tertiary alicyclic amines) is 1. The standard InChI is InChI=1S/C12H20N2OS/c1-8-10(3)16-12(13-8)7-14-5-4-11(6-14)9(2)15/h9,11,15H,4-7H2,1-3H3. The highest BCUT2D eigenvalue weighted by Crippen LogP contribution is 2.24. The summed E-state index contributed by atoms with van der Waals surface area (Å²) in [6.07, 6.45) is 0.936. The van der Waals surface area contributed by atoms with Gasteiger partial charge in [-0.3, -0.25) is 4.90 Å². The molecule has 0 amide bonds. The molecule has 2 unspecified atom stereocenters. The Labute approximate surface area is 101 Å². The first-order chi connectivity index (χ1) is 7.56. The minimum Gasteiger partial charge on any atom is -0.393 e. The molecule has 1 aromatic heterocycles. The monoisotopic (exact) mass is 240 g/mol. The normalized spacial score (nSPS) is 23.9. The molecule has 4 heteroatoms. The highest BCUT2D eigenvalue weighted by Gasteiger charge is 2.26. The van der Waals surface area contributed by atoms with Crippen molar-refractivity contribution in [2.24, 2.45) is 5.92 Å². The molecular weight excluding hydrogens is 220 g/mol. The minimum absolute atomic E-state index is 0.176. The Morgan fingerprint density at radius 3 is 2.81 bits per heavy atom. The molecule has 1 N–H and O–H groups in total. The summed E-state index contributed by atoms with van der Waals surface area (Å²) in [5.74, 6) is 0.446. The van der Waals surface area contributed by atoms with E-state index < -0.39 is 0 Å². The number of aryl methyl sites for hydroxylation is 2. The van der Waals surface area contributed by atoms with Crippen LogP contribution < -0.4 is 0 Å². The van der Waals surface area contributed by atoms with Gasteiger partial charge >= 0.3 is 0 Å². The number of hydrogen-bond acceptors (Lipinski definition) is 4. The van der Waals surface area contributed by atoms with Crippen molar-refractivity contribution in [2.45, 2.75) is 39.8 Å². The van der Waals surface area contributed by atoms with Gasteiger partial charge in [-0.05, 0) is 39.7 Å². The summed E-state index contributed by atoms with van der Waals surface area (Å²) in [5.41, 5.74) is 1.16. The maximum atomic E-state index is 9.54. The average molecular weight is 240 g/mol. The van der Waals surface area contributed by atoms with Crippen molar-refractivity contribution in [3.05, 3.63) is 15.6 Å². The van der Waals surface area contributed by atoms with Crippen LogP contribution in [0.2, 0.25) is 0 Å². The highest BCUT2D eigenvalue weighted by atomic mass is 32.1. The summed E-state index contributed by atoms with van der Waals surface area (Å²) in [6.45, 7) is 9.13. The van der Waals surface area contributed by atoms with E-state index in [0.717, 1.165) is 31.7 Å². The van der Waals surface area contributed by atoms with E-state index in [9.17, 15) is 5.11 Å². The van der Waals surface area contributed by atoms with Gasteiger partial charge in [0.2, 0.25) is 0 Å². The molecule has 0 saturated carbocycles.